The number of nitrogens with one attached hydrogen (secondary N) is 1. The van der Waals surface area contributed by atoms with E-state index in [4.69, 9.17) is 0 Å². The first kappa shape index (κ1) is 17.5. The number of likely N-dealkylation sites (tertiary alicyclic amines) is 1. The van der Waals surface area contributed by atoms with Gasteiger partial charge < -0.3 is 14.8 Å². The third-order valence-corrected chi connectivity index (χ3v) is 5.69. The van der Waals surface area contributed by atoms with Crippen molar-refractivity contribution in [1.29, 1.82) is 0 Å². The molecule has 1 saturated heterocycles. The standard InChI is InChI=1S/C20H20N4O2S/c25-19(22-16-4-1-2-5-17(16)24-12-9-21-14-24)15-7-10-23(11-8-15)20(26)18-6-3-13-27-18/h1-6,9,12-15H,7-8,10-11H2,(H,22,25). The fourth-order valence-corrected chi connectivity index (χ4v) is 4.03. The Morgan fingerprint density at radius 1 is 1.11 bits per heavy atom. The van der Waals surface area contributed by atoms with Crippen molar-refractivity contribution < 1.29 is 9.59 Å². The first-order valence-electron chi connectivity index (χ1n) is 8.93. The first-order chi connectivity index (χ1) is 13.2. The second kappa shape index (κ2) is 7.75. The van der Waals surface area contributed by atoms with E-state index in [1.807, 2.05) is 57.4 Å². The number of carbonyl (C=O) groups excluding carboxylic acids is 2. The molecular formula is C20H20N4O2S. The molecule has 2 amide bonds. The minimum absolute atomic E-state index is 0.00536. The summed E-state index contributed by atoms with van der Waals surface area (Å²) < 4.78 is 1.87. The average Bonchev–Trinajstić information content (AvgIpc) is 3.42. The lowest BCUT2D eigenvalue weighted by molar-refractivity contribution is -0.121. The number of para-hydroxylation sites is 2. The van der Waals surface area contributed by atoms with Crippen LogP contribution in [0.2, 0.25) is 0 Å². The van der Waals surface area contributed by atoms with E-state index in [0.717, 1.165) is 16.3 Å². The van der Waals surface area contributed by atoms with Gasteiger partial charge in [0.05, 0.1) is 22.6 Å². The molecule has 0 atom stereocenters. The molecule has 27 heavy (non-hydrogen) atoms. The van der Waals surface area contributed by atoms with Crippen LogP contribution in [0.3, 0.4) is 0 Å². The highest BCUT2D eigenvalue weighted by molar-refractivity contribution is 7.12. The van der Waals surface area contributed by atoms with Crippen molar-refractivity contribution in [3.63, 3.8) is 0 Å². The summed E-state index contributed by atoms with van der Waals surface area (Å²) in [5.74, 6) is -0.0201. The summed E-state index contributed by atoms with van der Waals surface area (Å²) in [5.41, 5.74) is 1.64. The van der Waals surface area contributed by atoms with E-state index < -0.39 is 0 Å². The van der Waals surface area contributed by atoms with Crippen LogP contribution in [-0.4, -0.2) is 39.4 Å². The molecule has 0 unspecified atom stereocenters. The van der Waals surface area contributed by atoms with Gasteiger partial charge in [0, 0.05) is 31.4 Å². The molecule has 1 fully saturated rings. The van der Waals surface area contributed by atoms with Crippen LogP contribution in [0.1, 0.15) is 22.5 Å². The van der Waals surface area contributed by atoms with Gasteiger partial charge in [-0.15, -0.1) is 11.3 Å². The van der Waals surface area contributed by atoms with Crippen molar-refractivity contribution in [3.05, 3.63) is 65.4 Å². The summed E-state index contributed by atoms with van der Waals surface area (Å²) in [5, 5.41) is 4.96. The maximum atomic E-state index is 12.8. The molecule has 138 valence electrons. The molecule has 2 aromatic heterocycles. The minimum Gasteiger partial charge on any atom is -0.338 e. The van der Waals surface area contributed by atoms with E-state index in [9.17, 15) is 9.59 Å². The Balaban J connectivity index is 1.39. The monoisotopic (exact) mass is 380 g/mol. The van der Waals surface area contributed by atoms with Crippen molar-refractivity contribution >= 4 is 28.8 Å². The number of carbonyl (C=O) groups is 2. The maximum Gasteiger partial charge on any atom is 0.263 e. The number of benzene rings is 1. The van der Waals surface area contributed by atoms with Gasteiger partial charge in [0.2, 0.25) is 5.91 Å². The second-order valence-electron chi connectivity index (χ2n) is 6.52. The van der Waals surface area contributed by atoms with Crippen LogP contribution in [0.4, 0.5) is 5.69 Å². The summed E-state index contributed by atoms with van der Waals surface area (Å²) in [4.78, 5) is 31.9. The van der Waals surface area contributed by atoms with Crippen molar-refractivity contribution in [2.75, 3.05) is 18.4 Å². The molecule has 0 radical (unpaired) electrons. The topological polar surface area (TPSA) is 67.2 Å². The van der Waals surface area contributed by atoms with Crippen molar-refractivity contribution in [2.45, 2.75) is 12.8 Å². The van der Waals surface area contributed by atoms with Gasteiger partial charge >= 0.3 is 0 Å². The molecule has 1 aromatic carbocycles. The van der Waals surface area contributed by atoms with Crippen LogP contribution < -0.4 is 5.32 Å². The van der Waals surface area contributed by atoms with E-state index in [1.54, 1.807) is 12.5 Å². The van der Waals surface area contributed by atoms with Crippen LogP contribution in [-0.2, 0) is 4.79 Å². The number of nitrogens with zero attached hydrogens (tertiary/aromatic N) is 3. The molecule has 4 rings (SSSR count). The maximum absolute atomic E-state index is 12.8. The minimum atomic E-state index is -0.0896. The number of hydrogen-bond donors (Lipinski definition) is 1. The number of thiophene rings is 1. The van der Waals surface area contributed by atoms with Gasteiger partial charge in [0.1, 0.15) is 0 Å². The highest BCUT2D eigenvalue weighted by atomic mass is 32.1. The molecule has 3 aromatic rings. The zero-order valence-electron chi connectivity index (χ0n) is 14.7. The van der Waals surface area contributed by atoms with Crippen molar-refractivity contribution in [3.8, 4) is 5.69 Å². The van der Waals surface area contributed by atoms with Crippen LogP contribution in [0.15, 0.2) is 60.5 Å². The second-order valence-corrected chi connectivity index (χ2v) is 7.47. The van der Waals surface area contributed by atoms with Crippen LogP contribution in [0.25, 0.3) is 5.69 Å². The smallest absolute Gasteiger partial charge is 0.263 e. The quantitative estimate of drug-likeness (QED) is 0.754. The van der Waals surface area contributed by atoms with Crippen LogP contribution >= 0.6 is 11.3 Å². The number of imidazole rings is 1. The molecule has 1 N–H and O–H groups in total. The number of aromatic nitrogens is 2. The predicted octanol–water partition coefficient (Wildman–Crippen LogP) is 3.42. The van der Waals surface area contributed by atoms with Crippen LogP contribution in [0.5, 0.6) is 0 Å². The number of amides is 2. The summed E-state index contributed by atoms with van der Waals surface area (Å²) in [6.45, 7) is 1.22. The van der Waals surface area contributed by atoms with Crippen molar-refractivity contribution in [1.82, 2.24) is 14.5 Å². The summed E-state index contributed by atoms with van der Waals surface area (Å²) >= 11 is 1.46. The van der Waals surface area contributed by atoms with Crippen LogP contribution in [0, 0.1) is 5.92 Å². The molecule has 6 nitrogen and oxygen atoms in total. The summed E-state index contributed by atoms with van der Waals surface area (Å²) in [6, 6.07) is 11.4. The van der Waals surface area contributed by atoms with Gasteiger partial charge in [-0.25, -0.2) is 4.98 Å². The van der Waals surface area contributed by atoms with E-state index in [0.29, 0.717) is 25.9 Å². The molecule has 7 heteroatoms. The van der Waals surface area contributed by atoms with Gasteiger partial charge in [-0.2, -0.15) is 0 Å². The average molecular weight is 380 g/mol. The van der Waals surface area contributed by atoms with E-state index >= 15 is 0 Å². The molecular weight excluding hydrogens is 360 g/mol. The lowest BCUT2D eigenvalue weighted by Crippen LogP contribution is -2.41. The lowest BCUT2D eigenvalue weighted by Gasteiger charge is -2.31. The van der Waals surface area contributed by atoms with E-state index in [2.05, 4.69) is 10.3 Å². The number of piperidine rings is 1. The fraction of sp³-hybridized carbons (Fsp3) is 0.250. The Morgan fingerprint density at radius 3 is 2.63 bits per heavy atom. The lowest BCUT2D eigenvalue weighted by atomic mass is 9.95. The Kier molecular flexibility index (Phi) is 5.02. The molecule has 0 aliphatic carbocycles. The largest absolute Gasteiger partial charge is 0.338 e. The molecule has 1 aliphatic heterocycles. The SMILES string of the molecule is O=C(Nc1ccccc1-n1ccnc1)C1CCN(C(=O)c2cccs2)CC1. The third-order valence-electron chi connectivity index (χ3n) is 4.83. The first-order valence-corrected chi connectivity index (χ1v) is 9.81. The molecule has 0 saturated carbocycles. The van der Waals surface area contributed by atoms with Crippen molar-refractivity contribution in [2.24, 2.45) is 5.92 Å². The highest BCUT2D eigenvalue weighted by Gasteiger charge is 2.28. The highest BCUT2D eigenvalue weighted by Crippen LogP contribution is 2.24. The van der Waals surface area contributed by atoms with Gasteiger partial charge in [-0.05, 0) is 36.4 Å². The predicted molar refractivity (Wildman–Crippen MR) is 105 cm³/mol. The zero-order valence-corrected chi connectivity index (χ0v) is 15.6. The molecule has 3 heterocycles. The Hall–Kier alpha value is -2.93. The third kappa shape index (κ3) is 3.78. The molecule has 0 bridgehead atoms. The Bertz CT molecular complexity index is 913. The zero-order chi connectivity index (χ0) is 18.6. The Labute approximate surface area is 161 Å². The van der Waals surface area contributed by atoms with Gasteiger partial charge in [-0.3, -0.25) is 9.59 Å². The van der Waals surface area contributed by atoms with E-state index in [1.165, 1.54) is 11.3 Å². The van der Waals surface area contributed by atoms with Gasteiger partial charge in [0.15, 0.2) is 0 Å². The number of hydrogen-bond acceptors (Lipinski definition) is 4. The normalized spacial score (nSPS) is 14.9. The summed E-state index contributed by atoms with van der Waals surface area (Å²) in [6.07, 6.45) is 6.62. The molecule has 0 spiro atoms. The molecule has 1 aliphatic rings. The Morgan fingerprint density at radius 2 is 1.93 bits per heavy atom. The number of anilines is 1. The number of rotatable bonds is 4. The fourth-order valence-electron chi connectivity index (χ4n) is 3.34. The van der Waals surface area contributed by atoms with Gasteiger partial charge in [0.25, 0.3) is 5.91 Å². The summed E-state index contributed by atoms with van der Waals surface area (Å²) in [7, 11) is 0. The van der Waals surface area contributed by atoms with E-state index in [-0.39, 0.29) is 17.7 Å². The van der Waals surface area contributed by atoms with Gasteiger partial charge in [-0.1, -0.05) is 18.2 Å².